The van der Waals surface area contributed by atoms with Crippen LogP contribution >= 0.6 is 23.2 Å². The highest BCUT2D eigenvalue weighted by atomic mass is 35.5. The fourth-order valence-corrected chi connectivity index (χ4v) is 4.43. The van der Waals surface area contributed by atoms with E-state index in [4.69, 9.17) is 33.4 Å². The molecule has 1 heterocycles. The number of rotatable bonds is 4. The number of anilines is 1. The molecule has 0 aliphatic carbocycles. The van der Waals surface area contributed by atoms with E-state index in [1.165, 1.54) is 12.1 Å². The number of hydrogen-bond acceptors (Lipinski definition) is 5. The molecular weight excluding hydrogens is 445 g/mol. The van der Waals surface area contributed by atoms with Crippen molar-refractivity contribution in [2.24, 2.45) is 10.2 Å². The van der Waals surface area contributed by atoms with Crippen molar-refractivity contribution in [2.75, 3.05) is 5.01 Å². The van der Waals surface area contributed by atoms with Crippen LogP contribution in [0, 0.1) is 0 Å². The summed E-state index contributed by atoms with van der Waals surface area (Å²) in [5.41, 5.74) is 3.20. The minimum Gasteiger partial charge on any atom is -0.508 e. The zero-order valence-electron chi connectivity index (χ0n) is 15.5. The molecule has 9 heteroatoms. The van der Waals surface area contributed by atoms with Crippen molar-refractivity contribution in [3.8, 4) is 5.75 Å². The predicted molar refractivity (Wildman–Crippen MR) is 119 cm³/mol. The summed E-state index contributed by atoms with van der Waals surface area (Å²) in [5.74, 6) is 0.171. The first-order valence-corrected chi connectivity index (χ1v) is 11.3. The fourth-order valence-electron chi connectivity index (χ4n) is 3.38. The summed E-state index contributed by atoms with van der Waals surface area (Å²) in [7, 11) is -3.79. The van der Waals surface area contributed by atoms with E-state index in [2.05, 4.69) is 0 Å². The molecule has 0 fully saturated rings. The summed E-state index contributed by atoms with van der Waals surface area (Å²) >= 11 is 12.5. The number of hydrazone groups is 1. The molecule has 30 heavy (non-hydrogen) atoms. The molecule has 4 rings (SSSR count). The first-order chi connectivity index (χ1) is 14.2. The highest BCUT2D eigenvalue weighted by Gasteiger charge is 2.31. The molecule has 3 aromatic carbocycles. The molecule has 154 valence electrons. The van der Waals surface area contributed by atoms with Gasteiger partial charge in [0.05, 0.1) is 22.3 Å². The minimum absolute atomic E-state index is 0.0225. The van der Waals surface area contributed by atoms with E-state index in [1.54, 1.807) is 53.5 Å². The van der Waals surface area contributed by atoms with Gasteiger partial charge in [-0.3, -0.25) is 5.01 Å². The van der Waals surface area contributed by atoms with Gasteiger partial charge in [0.15, 0.2) is 0 Å². The molecule has 1 atom stereocenters. The third-order valence-corrected chi connectivity index (χ3v) is 6.35. The molecule has 0 saturated carbocycles. The maximum Gasteiger partial charge on any atom is 0.238 e. The lowest BCUT2D eigenvalue weighted by molar-refractivity contribution is 0.475. The van der Waals surface area contributed by atoms with Gasteiger partial charge in [-0.25, -0.2) is 13.6 Å². The van der Waals surface area contributed by atoms with Gasteiger partial charge >= 0.3 is 0 Å². The summed E-state index contributed by atoms with van der Waals surface area (Å²) in [4.78, 5) is 0.0225. The van der Waals surface area contributed by atoms with E-state index >= 15 is 0 Å². The summed E-state index contributed by atoms with van der Waals surface area (Å²) in [6, 6.07) is 18.1. The number of nitrogens with two attached hydrogens (primary N) is 1. The zero-order valence-corrected chi connectivity index (χ0v) is 17.9. The molecule has 3 N–H and O–H groups in total. The van der Waals surface area contributed by atoms with Gasteiger partial charge in [-0.05, 0) is 71.8 Å². The van der Waals surface area contributed by atoms with Crippen molar-refractivity contribution < 1.29 is 13.5 Å². The molecule has 0 saturated heterocycles. The molecule has 0 aromatic heterocycles. The summed E-state index contributed by atoms with van der Waals surface area (Å²) in [6.07, 6.45) is 0.559. The van der Waals surface area contributed by atoms with E-state index in [0.29, 0.717) is 22.2 Å². The highest BCUT2D eigenvalue weighted by molar-refractivity contribution is 7.89. The number of sulfonamides is 1. The standard InChI is InChI=1S/C21H17Cl2N3O3S/c22-14-3-10-18(19(23)11-14)21-12-20(13-1-6-16(27)7-2-13)25-26(21)15-4-8-17(9-5-15)30(24,28)29/h1-11,21,27H,12H2,(H2,24,28,29). The summed E-state index contributed by atoms with van der Waals surface area (Å²) < 4.78 is 23.2. The van der Waals surface area contributed by atoms with E-state index in [-0.39, 0.29) is 16.7 Å². The molecule has 1 aliphatic heterocycles. The smallest absolute Gasteiger partial charge is 0.238 e. The normalized spacial score (nSPS) is 16.6. The maximum absolute atomic E-state index is 11.6. The van der Waals surface area contributed by atoms with E-state index in [9.17, 15) is 13.5 Å². The van der Waals surface area contributed by atoms with Crippen molar-refractivity contribution in [1.82, 2.24) is 0 Å². The lowest BCUT2D eigenvalue weighted by Crippen LogP contribution is -2.19. The Kier molecular flexibility index (Phi) is 5.46. The van der Waals surface area contributed by atoms with Gasteiger partial charge in [-0.1, -0.05) is 29.3 Å². The van der Waals surface area contributed by atoms with Gasteiger partial charge < -0.3 is 5.11 Å². The lowest BCUT2D eigenvalue weighted by atomic mass is 9.98. The number of primary sulfonamides is 1. The van der Waals surface area contributed by atoms with Crippen LogP contribution in [0.15, 0.2) is 76.7 Å². The second-order valence-electron chi connectivity index (χ2n) is 6.86. The first-order valence-electron chi connectivity index (χ1n) is 8.96. The Morgan fingerprint density at radius 1 is 1.00 bits per heavy atom. The van der Waals surface area contributed by atoms with Crippen LogP contribution in [0.5, 0.6) is 5.75 Å². The van der Waals surface area contributed by atoms with Gasteiger partial charge in [-0.15, -0.1) is 0 Å². The summed E-state index contributed by atoms with van der Waals surface area (Å²) in [5, 5.41) is 22.4. The van der Waals surface area contributed by atoms with Crippen molar-refractivity contribution in [2.45, 2.75) is 17.4 Å². The lowest BCUT2D eigenvalue weighted by Gasteiger charge is -2.25. The molecule has 3 aromatic rings. The van der Waals surface area contributed by atoms with Crippen molar-refractivity contribution in [1.29, 1.82) is 0 Å². The van der Waals surface area contributed by atoms with Crippen molar-refractivity contribution in [3.63, 3.8) is 0 Å². The highest BCUT2D eigenvalue weighted by Crippen LogP contribution is 2.40. The number of phenolic OH excluding ortho intramolecular Hbond substituents is 1. The largest absolute Gasteiger partial charge is 0.508 e. The predicted octanol–water partition coefficient (Wildman–Crippen LogP) is 4.70. The Balaban J connectivity index is 1.77. The Labute approximate surface area is 184 Å². The number of benzene rings is 3. The Morgan fingerprint density at radius 3 is 2.27 bits per heavy atom. The second kappa shape index (κ2) is 7.92. The number of halogens is 2. The quantitative estimate of drug-likeness (QED) is 0.588. The van der Waals surface area contributed by atoms with Crippen LogP contribution in [0.3, 0.4) is 0 Å². The fraction of sp³-hybridized carbons (Fsp3) is 0.0952. The SMILES string of the molecule is NS(=O)(=O)c1ccc(N2N=C(c3ccc(O)cc3)CC2c2ccc(Cl)cc2Cl)cc1. The molecule has 0 radical (unpaired) electrons. The van der Waals surface area contributed by atoms with Crippen LogP contribution in [-0.2, 0) is 10.0 Å². The molecule has 0 bridgehead atoms. The average Bonchev–Trinajstić information content (AvgIpc) is 3.13. The van der Waals surface area contributed by atoms with Gasteiger partial charge in [0.25, 0.3) is 0 Å². The van der Waals surface area contributed by atoms with Crippen molar-refractivity contribution in [3.05, 3.63) is 87.9 Å². The Morgan fingerprint density at radius 2 is 1.67 bits per heavy atom. The number of hydrogen-bond donors (Lipinski definition) is 2. The minimum atomic E-state index is -3.79. The summed E-state index contributed by atoms with van der Waals surface area (Å²) in [6.45, 7) is 0. The first kappa shape index (κ1) is 20.7. The molecule has 0 amide bonds. The topological polar surface area (TPSA) is 96.0 Å². The molecular formula is C21H17Cl2N3O3S. The Hall–Kier alpha value is -2.58. The number of phenols is 1. The maximum atomic E-state index is 11.6. The van der Waals surface area contributed by atoms with E-state index in [0.717, 1.165) is 16.8 Å². The third kappa shape index (κ3) is 4.15. The number of aromatic hydroxyl groups is 1. The van der Waals surface area contributed by atoms with Gasteiger partial charge in [0.2, 0.25) is 10.0 Å². The van der Waals surface area contributed by atoms with Gasteiger partial charge in [0.1, 0.15) is 5.75 Å². The van der Waals surface area contributed by atoms with Crippen LogP contribution in [0.25, 0.3) is 0 Å². The molecule has 1 aliphatic rings. The van der Waals surface area contributed by atoms with E-state index in [1.807, 2.05) is 6.07 Å². The van der Waals surface area contributed by atoms with Crippen molar-refractivity contribution >= 4 is 44.6 Å². The third-order valence-electron chi connectivity index (χ3n) is 4.86. The van der Waals surface area contributed by atoms with Crippen LogP contribution < -0.4 is 10.1 Å². The van der Waals surface area contributed by atoms with Crippen LogP contribution in [-0.4, -0.2) is 19.2 Å². The molecule has 1 unspecified atom stereocenters. The zero-order chi connectivity index (χ0) is 21.5. The van der Waals surface area contributed by atoms with E-state index < -0.39 is 10.0 Å². The van der Waals surface area contributed by atoms with Crippen LogP contribution in [0.2, 0.25) is 10.0 Å². The van der Waals surface area contributed by atoms with Gasteiger partial charge in [-0.2, -0.15) is 5.10 Å². The molecule has 0 spiro atoms. The average molecular weight is 462 g/mol. The van der Waals surface area contributed by atoms with Gasteiger partial charge in [0, 0.05) is 16.5 Å². The van der Waals surface area contributed by atoms with Crippen LogP contribution in [0.1, 0.15) is 23.6 Å². The van der Waals surface area contributed by atoms with Crippen LogP contribution in [0.4, 0.5) is 5.69 Å². The monoisotopic (exact) mass is 461 g/mol. The number of nitrogens with zero attached hydrogens (tertiary/aromatic N) is 2. The second-order valence-corrected chi connectivity index (χ2v) is 9.27. The molecule has 6 nitrogen and oxygen atoms in total. The Bertz CT molecular complexity index is 1230.